The third-order valence-electron chi connectivity index (χ3n) is 6.04. The van der Waals surface area contributed by atoms with Crippen molar-refractivity contribution in [2.45, 2.75) is 20.3 Å². The van der Waals surface area contributed by atoms with Crippen LogP contribution in [0.25, 0.3) is 40.0 Å². The normalized spacial score (nSPS) is 11.3. The number of hydrogen-bond acceptors (Lipinski definition) is 6. The number of furan rings is 1. The first-order valence-electron chi connectivity index (χ1n) is 12.2. The molecule has 0 bridgehead atoms. The number of hydrogen-bond donors (Lipinski definition) is 3. The Labute approximate surface area is 235 Å². The lowest BCUT2D eigenvalue weighted by Gasteiger charge is -2.12. The summed E-state index contributed by atoms with van der Waals surface area (Å²) in [6.45, 7) is 3.83. The third-order valence-corrected chi connectivity index (χ3v) is 6.50. The number of carbonyl (C=O) groups is 1. The van der Waals surface area contributed by atoms with Crippen molar-refractivity contribution in [1.29, 1.82) is 0 Å². The second-order valence-corrected chi connectivity index (χ2v) is 9.69. The average Bonchev–Trinajstić information content (AvgIpc) is 3.56. The van der Waals surface area contributed by atoms with E-state index in [0.29, 0.717) is 44.5 Å². The number of amides is 1. The molecule has 0 atom stereocenters. The quantitative estimate of drug-likeness (QED) is 0.113. The molecular weight excluding hydrogens is 534 g/mol. The largest absolute Gasteiger partial charge is 0.507 e. The van der Waals surface area contributed by atoms with Gasteiger partial charge in [-0.3, -0.25) is 10.1 Å². The van der Waals surface area contributed by atoms with Crippen molar-refractivity contribution in [2.75, 3.05) is 5.32 Å². The molecule has 196 valence electrons. The Balaban J connectivity index is 1.26. The number of anilines is 1. The zero-order valence-corrected chi connectivity index (χ0v) is 22.7. The maximum absolute atomic E-state index is 12.4. The molecule has 0 saturated heterocycles. The number of carbonyl (C=O) groups excluding carboxylic acids is 1. The molecule has 3 N–H and O–H groups in total. The topological polar surface area (TPSA) is 101 Å². The van der Waals surface area contributed by atoms with Crippen LogP contribution in [0.4, 0.5) is 5.69 Å². The number of aryl methyl sites for hydroxylation is 2. The van der Waals surface area contributed by atoms with Gasteiger partial charge in [0.15, 0.2) is 10.7 Å². The van der Waals surface area contributed by atoms with Gasteiger partial charge in [-0.2, -0.15) is 0 Å². The van der Waals surface area contributed by atoms with Crippen molar-refractivity contribution in [1.82, 2.24) is 10.3 Å². The molecule has 1 amide bonds. The van der Waals surface area contributed by atoms with Gasteiger partial charge in [0, 0.05) is 22.3 Å². The highest BCUT2D eigenvalue weighted by atomic mass is 35.5. The molecule has 5 aromatic rings. The van der Waals surface area contributed by atoms with E-state index in [1.807, 2.05) is 36.4 Å². The molecule has 5 rings (SSSR count). The minimum absolute atomic E-state index is 0.0529. The number of aromatic nitrogens is 1. The molecule has 0 spiro atoms. The molecule has 0 saturated carbocycles. The van der Waals surface area contributed by atoms with Crippen molar-refractivity contribution in [3.63, 3.8) is 0 Å². The van der Waals surface area contributed by atoms with E-state index in [4.69, 9.17) is 32.7 Å². The molecule has 0 radical (unpaired) electrons. The molecule has 39 heavy (non-hydrogen) atoms. The minimum Gasteiger partial charge on any atom is -0.507 e. The lowest BCUT2D eigenvalue weighted by molar-refractivity contribution is -0.115. The maximum atomic E-state index is 12.4. The summed E-state index contributed by atoms with van der Waals surface area (Å²) >= 11 is 11.3. The van der Waals surface area contributed by atoms with Crippen molar-refractivity contribution < 1.29 is 18.7 Å². The fourth-order valence-corrected chi connectivity index (χ4v) is 4.35. The van der Waals surface area contributed by atoms with Gasteiger partial charge in [-0.25, -0.2) is 4.98 Å². The average molecular weight is 558 g/mol. The summed E-state index contributed by atoms with van der Waals surface area (Å²) in [5, 5.41) is 17.0. The Morgan fingerprint density at radius 2 is 1.87 bits per heavy atom. The predicted molar refractivity (Wildman–Crippen MR) is 158 cm³/mol. The van der Waals surface area contributed by atoms with Crippen LogP contribution in [0.3, 0.4) is 0 Å². The van der Waals surface area contributed by atoms with Gasteiger partial charge in [-0.1, -0.05) is 24.6 Å². The smallest absolute Gasteiger partial charge is 0.250 e. The first-order chi connectivity index (χ1) is 18.8. The SMILES string of the molecule is CCc1ccc2oc(-c3cc(NC(=S)NC(=O)C=Cc4ccc(-c5ccc(Cl)cc5)o4)cc(C)c3O)nc2c1. The standard InChI is InChI=1S/C30H24ClN3O4S/c1-3-18-4-11-26-24(15-18)33-29(38-26)23-16-21(14-17(2)28(23)36)32-30(39)34-27(35)13-10-22-9-12-25(37-22)19-5-7-20(31)8-6-19/h4-16,36H,3H2,1-2H3,(H2,32,34,35,39). The van der Waals surface area contributed by atoms with Gasteiger partial charge in [-0.15, -0.1) is 0 Å². The number of thiocarbonyl (C=S) groups is 1. The van der Waals surface area contributed by atoms with E-state index in [1.54, 1.807) is 43.3 Å². The number of halogens is 1. The van der Waals surface area contributed by atoms with Crippen molar-refractivity contribution >= 4 is 57.7 Å². The molecule has 0 aliphatic carbocycles. The molecule has 0 fully saturated rings. The van der Waals surface area contributed by atoms with E-state index in [1.165, 1.54) is 6.08 Å². The highest BCUT2D eigenvalue weighted by molar-refractivity contribution is 7.80. The van der Waals surface area contributed by atoms with Gasteiger partial charge in [0.05, 0.1) is 5.56 Å². The molecule has 0 aliphatic rings. The molecule has 3 aromatic carbocycles. The third kappa shape index (κ3) is 6.03. The molecule has 0 unspecified atom stereocenters. The molecule has 2 heterocycles. The van der Waals surface area contributed by atoms with Crippen LogP contribution < -0.4 is 10.6 Å². The van der Waals surface area contributed by atoms with Gasteiger partial charge in [0.25, 0.3) is 0 Å². The van der Waals surface area contributed by atoms with Crippen LogP contribution in [-0.4, -0.2) is 21.1 Å². The number of aromatic hydroxyl groups is 1. The maximum Gasteiger partial charge on any atom is 0.250 e. The van der Waals surface area contributed by atoms with Gasteiger partial charge < -0.3 is 19.3 Å². The number of rotatable bonds is 6. The fraction of sp³-hybridized carbons (Fsp3) is 0.100. The number of fused-ring (bicyclic) bond motifs is 1. The summed E-state index contributed by atoms with van der Waals surface area (Å²) in [6, 6.07) is 20.1. The second-order valence-electron chi connectivity index (χ2n) is 8.85. The molecular formula is C30H24ClN3O4S. The van der Waals surface area contributed by atoms with E-state index in [-0.39, 0.29) is 16.8 Å². The van der Waals surface area contributed by atoms with Crippen molar-refractivity contribution in [3.8, 4) is 28.5 Å². The number of nitrogens with one attached hydrogen (secondary N) is 2. The van der Waals surface area contributed by atoms with E-state index >= 15 is 0 Å². The molecule has 9 heteroatoms. The van der Waals surface area contributed by atoms with E-state index < -0.39 is 5.91 Å². The van der Waals surface area contributed by atoms with Gasteiger partial charge in [0.1, 0.15) is 22.8 Å². The first kappa shape index (κ1) is 26.2. The van der Waals surface area contributed by atoms with Crippen LogP contribution >= 0.6 is 23.8 Å². The lowest BCUT2D eigenvalue weighted by atomic mass is 10.1. The van der Waals surface area contributed by atoms with Crippen LogP contribution in [0.2, 0.25) is 5.02 Å². The summed E-state index contributed by atoms with van der Waals surface area (Å²) in [5.41, 5.74) is 4.92. The fourth-order valence-electron chi connectivity index (χ4n) is 4.01. The Hall–Kier alpha value is -4.40. The lowest BCUT2D eigenvalue weighted by Crippen LogP contribution is -2.32. The predicted octanol–water partition coefficient (Wildman–Crippen LogP) is 7.51. The molecule has 2 aromatic heterocycles. The van der Waals surface area contributed by atoms with E-state index in [2.05, 4.69) is 22.5 Å². The van der Waals surface area contributed by atoms with Gasteiger partial charge >= 0.3 is 0 Å². The van der Waals surface area contributed by atoms with Crippen LogP contribution in [0.1, 0.15) is 23.8 Å². The molecule has 7 nitrogen and oxygen atoms in total. The number of benzene rings is 3. The van der Waals surface area contributed by atoms with Crippen LogP contribution in [-0.2, 0) is 11.2 Å². The van der Waals surface area contributed by atoms with Crippen LogP contribution in [0.15, 0.2) is 81.6 Å². The Kier molecular flexibility index (Phi) is 7.49. The van der Waals surface area contributed by atoms with E-state index in [9.17, 15) is 9.90 Å². The van der Waals surface area contributed by atoms with Crippen LogP contribution in [0.5, 0.6) is 5.75 Å². The summed E-state index contributed by atoms with van der Waals surface area (Å²) in [7, 11) is 0. The second kappa shape index (κ2) is 11.1. The Morgan fingerprint density at radius 1 is 1.08 bits per heavy atom. The van der Waals surface area contributed by atoms with Crippen molar-refractivity contribution in [3.05, 3.63) is 94.7 Å². The zero-order chi connectivity index (χ0) is 27.5. The monoisotopic (exact) mass is 557 g/mol. The molecule has 0 aliphatic heterocycles. The van der Waals surface area contributed by atoms with Gasteiger partial charge in [0.2, 0.25) is 11.8 Å². The first-order valence-corrected chi connectivity index (χ1v) is 13.0. The van der Waals surface area contributed by atoms with E-state index in [0.717, 1.165) is 17.5 Å². The minimum atomic E-state index is -0.432. The summed E-state index contributed by atoms with van der Waals surface area (Å²) in [5.74, 6) is 1.08. The highest BCUT2D eigenvalue weighted by Crippen LogP contribution is 2.36. The van der Waals surface area contributed by atoms with Crippen molar-refractivity contribution in [2.24, 2.45) is 0 Å². The number of nitrogens with zero attached hydrogens (tertiary/aromatic N) is 1. The number of oxazole rings is 1. The Bertz CT molecular complexity index is 1720. The Morgan fingerprint density at radius 3 is 2.64 bits per heavy atom. The highest BCUT2D eigenvalue weighted by Gasteiger charge is 2.16. The summed E-state index contributed by atoms with van der Waals surface area (Å²) in [6.07, 6.45) is 3.76. The van der Waals surface area contributed by atoms with Crippen LogP contribution in [0, 0.1) is 6.92 Å². The number of phenolic OH excluding ortho intramolecular Hbond substituents is 1. The van der Waals surface area contributed by atoms with Gasteiger partial charge in [-0.05, 0) is 103 Å². The zero-order valence-electron chi connectivity index (χ0n) is 21.1. The number of phenols is 1. The summed E-state index contributed by atoms with van der Waals surface area (Å²) in [4.78, 5) is 17.0. The summed E-state index contributed by atoms with van der Waals surface area (Å²) < 4.78 is 11.7.